The van der Waals surface area contributed by atoms with Gasteiger partial charge in [0.05, 0.1) is 11.8 Å². The Morgan fingerprint density at radius 1 is 1.29 bits per heavy atom. The van der Waals surface area contributed by atoms with E-state index in [1.807, 2.05) is 0 Å². The van der Waals surface area contributed by atoms with Crippen LogP contribution in [0.3, 0.4) is 0 Å². The van der Waals surface area contributed by atoms with Crippen molar-refractivity contribution in [3.8, 4) is 0 Å². The van der Waals surface area contributed by atoms with Crippen LogP contribution < -0.4 is 5.32 Å². The van der Waals surface area contributed by atoms with Gasteiger partial charge >= 0.3 is 0 Å². The Balaban J connectivity index is 1.73. The first kappa shape index (κ1) is 11.2. The van der Waals surface area contributed by atoms with Crippen molar-refractivity contribution in [3.05, 3.63) is 10.8 Å². The molecule has 2 fully saturated rings. The summed E-state index contributed by atoms with van der Waals surface area (Å²) in [5.41, 5.74) is 0.674. The minimum absolute atomic E-state index is 0.174. The van der Waals surface area contributed by atoms with E-state index in [1.165, 1.54) is 0 Å². The van der Waals surface area contributed by atoms with Gasteiger partial charge in [-0.1, -0.05) is 11.6 Å². The molecular formula is C11H15ClN4O. The average Bonchev–Trinajstić information content (AvgIpc) is 2.82. The molecule has 92 valence electrons. The molecule has 0 spiro atoms. The first-order chi connectivity index (χ1) is 8.13. The van der Waals surface area contributed by atoms with Gasteiger partial charge in [-0.2, -0.15) is 0 Å². The summed E-state index contributed by atoms with van der Waals surface area (Å²) in [6, 6.07) is 0.270. The number of fused-ring (bicyclic) bond motifs is 2. The Morgan fingerprint density at radius 3 is 2.76 bits per heavy atom. The lowest BCUT2D eigenvalue weighted by Crippen LogP contribution is -2.35. The van der Waals surface area contributed by atoms with Gasteiger partial charge in [-0.05, 0) is 32.1 Å². The third-order valence-corrected chi connectivity index (χ3v) is 4.25. The Labute approximate surface area is 105 Å². The third-order valence-electron chi connectivity index (χ3n) is 3.90. The molecule has 0 unspecified atom stereocenters. The van der Waals surface area contributed by atoms with Crippen molar-refractivity contribution >= 4 is 17.5 Å². The molecule has 3 rings (SSSR count). The maximum absolute atomic E-state index is 9.85. The van der Waals surface area contributed by atoms with Crippen LogP contribution in [0, 0.1) is 18.8 Å². The number of aryl methyl sites for hydroxylation is 1. The molecule has 2 bridgehead atoms. The van der Waals surface area contributed by atoms with Crippen molar-refractivity contribution < 1.29 is 5.11 Å². The molecule has 2 aliphatic rings. The number of nitrogens with one attached hydrogen (secondary N) is 1. The Morgan fingerprint density at radius 2 is 2.12 bits per heavy atom. The quantitative estimate of drug-likeness (QED) is 0.835. The summed E-state index contributed by atoms with van der Waals surface area (Å²) in [5.74, 6) is 1.49. The highest BCUT2D eigenvalue weighted by Gasteiger charge is 2.45. The molecule has 0 saturated heterocycles. The van der Waals surface area contributed by atoms with Gasteiger partial charge in [0.15, 0.2) is 5.15 Å². The van der Waals surface area contributed by atoms with Gasteiger partial charge in [-0.3, -0.25) is 0 Å². The summed E-state index contributed by atoms with van der Waals surface area (Å²) in [6.45, 7) is 1.80. The summed E-state index contributed by atoms with van der Waals surface area (Å²) in [6.07, 6.45) is 2.97. The molecule has 0 aliphatic heterocycles. The molecule has 2 aliphatic carbocycles. The van der Waals surface area contributed by atoms with Gasteiger partial charge in [-0.15, -0.1) is 10.2 Å². The molecule has 2 saturated carbocycles. The molecule has 4 atom stereocenters. The summed E-state index contributed by atoms with van der Waals surface area (Å²) in [7, 11) is 0. The summed E-state index contributed by atoms with van der Waals surface area (Å²) in [4.78, 5) is 4.25. The zero-order valence-corrected chi connectivity index (χ0v) is 10.4. The highest BCUT2D eigenvalue weighted by Crippen LogP contribution is 2.45. The first-order valence-corrected chi connectivity index (χ1v) is 6.32. The molecule has 1 aromatic rings. The van der Waals surface area contributed by atoms with E-state index in [4.69, 9.17) is 11.6 Å². The molecule has 2 N–H and O–H groups in total. The zero-order chi connectivity index (χ0) is 12.0. The number of nitrogens with zero attached hydrogens (tertiary/aromatic N) is 3. The van der Waals surface area contributed by atoms with Crippen LogP contribution in [0.5, 0.6) is 0 Å². The van der Waals surface area contributed by atoms with Gasteiger partial charge in [0.2, 0.25) is 5.95 Å². The number of rotatable bonds is 2. The normalized spacial score (nSPS) is 35.2. The fourth-order valence-corrected chi connectivity index (χ4v) is 3.18. The summed E-state index contributed by atoms with van der Waals surface area (Å²) >= 11 is 5.78. The van der Waals surface area contributed by atoms with Crippen molar-refractivity contribution in [2.24, 2.45) is 11.8 Å². The lowest BCUT2D eigenvalue weighted by molar-refractivity contribution is 0.107. The van der Waals surface area contributed by atoms with Crippen LogP contribution >= 0.6 is 11.6 Å². The molecular weight excluding hydrogens is 240 g/mol. The van der Waals surface area contributed by atoms with Crippen LogP contribution in [0.1, 0.15) is 25.0 Å². The van der Waals surface area contributed by atoms with Gasteiger partial charge in [0.1, 0.15) is 0 Å². The SMILES string of the molecule is Cc1nc(N[C@@H]2C[C@H]3C[C@@H]2[C@@H](O)C3)nnc1Cl. The number of halogens is 1. The second kappa shape index (κ2) is 4.07. The maximum Gasteiger partial charge on any atom is 0.243 e. The zero-order valence-electron chi connectivity index (χ0n) is 9.60. The van der Waals surface area contributed by atoms with E-state index in [2.05, 4.69) is 20.5 Å². The second-order valence-electron chi connectivity index (χ2n) is 5.07. The second-order valence-corrected chi connectivity index (χ2v) is 5.42. The smallest absolute Gasteiger partial charge is 0.243 e. The van der Waals surface area contributed by atoms with Crippen LogP contribution in [-0.4, -0.2) is 32.4 Å². The first-order valence-electron chi connectivity index (χ1n) is 5.95. The molecule has 17 heavy (non-hydrogen) atoms. The van der Waals surface area contributed by atoms with Crippen LogP contribution in [0.25, 0.3) is 0 Å². The van der Waals surface area contributed by atoms with E-state index >= 15 is 0 Å². The highest BCUT2D eigenvalue weighted by molar-refractivity contribution is 6.29. The molecule has 0 aromatic carbocycles. The van der Waals surface area contributed by atoms with Gasteiger partial charge in [-0.25, -0.2) is 4.98 Å². The number of aliphatic hydroxyl groups excluding tert-OH is 1. The topological polar surface area (TPSA) is 70.9 Å². The van der Waals surface area contributed by atoms with Crippen molar-refractivity contribution in [1.82, 2.24) is 15.2 Å². The largest absolute Gasteiger partial charge is 0.393 e. The maximum atomic E-state index is 9.85. The van der Waals surface area contributed by atoms with E-state index in [9.17, 15) is 5.11 Å². The summed E-state index contributed by atoms with van der Waals surface area (Å²) in [5, 5.41) is 21.2. The van der Waals surface area contributed by atoms with Gasteiger partial charge < -0.3 is 10.4 Å². The highest BCUT2D eigenvalue weighted by atomic mass is 35.5. The molecule has 1 heterocycles. The molecule has 5 nitrogen and oxygen atoms in total. The van der Waals surface area contributed by atoms with E-state index in [0.29, 0.717) is 28.6 Å². The van der Waals surface area contributed by atoms with Crippen molar-refractivity contribution in [3.63, 3.8) is 0 Å². The number of anilines is 1. The monoisotopic (exact) mass is 254 g/mol. The number of hydrogen-bond donors (Lipinski definition) is 2. The lowest BCUT2D eigenvalue weighted by atomic mass is 9.93. The van der Waals surface area contributed by atoms with E-state index < -0.39 is 0 Å². The van der Waals surface area contributed by atoms with Crippen LogP contribution in [0.2, 0.25) is 5.15 Å². The number of aliphatic hydroxyl groups is 1. The van der Waals surface area contributed by atoms with Crippen molar-refractivity contribution in [1.29, 1.82) is 0 Å². The Hall–Kier alpha value is -0.940. The lowest BCUT2D eigenvalue weighted by Gasteiger charge is -2.26. The van der Waals surface area contributed by atoms with Crippen molar-refractivity contribution in [2.45, 2.75) is 38.3 Å². The van der Waals surface area contributed by atoms with Gasteiger partial charge in [0, 0.05) is 12.0 Å². The Bertz CT molecular complexity index is 441. The molecule has 0 amide bonds. The van der Waals surface area contributed by atoms with E-state index in [-0.39, 0.29) is 12.1 Å². The summed E-state index contributed by atoms with van der Waals surface area (Å²) < 4.78 is 0. The van der Waals surface area contributed by atoms with E-state index in [0.717, 1.165) is 19.3 Å². The number of aromatic nitrogens is 3. The Kier molecular flexibility index (Phi) is 2.67. The number of hydrogen-bond acceptors (Lipinski definition) is 5. The predicted octanol–water partition coefficient (Wildman–Crippen LogP) is 1.40. The molecule has 1 aromatic heterocycles. The fourth-order valence-electron chi connectivity index (χ4n) is 3.10. The minimum atomic E-state index is -0.174. The molecule has 6 heteroatoms. The predicted molar refractivity (Wildman–Crippen MR) is 63.8 cm³/mol. The molecule has 0 radical (unpaired) electrons. The van der Waals surface area contributed by atoms with Crippen molar-refractivity contribution in [2.75, 3.05) is 5.32 Å². The van der Waals surface area contributed by atoms with Crippen LogP contribution in [-0.2, 0) is 0 Å². The van der Waals surface area contributed by atoms with E-state index in [1.54, 1.807) is 6.92 Å². The van der Waals surface area contributed by atoms with Crippen LogP contribution in [0.4, 0.5) is 5.95 Å². The minimum Gasteiger partial charge on any atom is -0.393 e. The standard InChI is InChI=1S/C11H15ClN4O/c1-5-10(12)15-16-11(13-5)14-8-3-6-2-7(8)9(17)4-6/h6-9,17H,2-4H2,1H3,(H,13,14,16)/t6-,7+,8-,9+/m1/s1. The van der Waals surface area contributed by atoms with Crippen LogP contribution in [0.15, 0.2) is 0 Å². The van der Waals surface area contributed by atoms with Gasteiger partial charge in [0.25, 0.3) is 0 Å². The average molecular weight is 255 g/mol. The fraction of sp³-hybridized carbons (Fsp3) is 0.727. The third kappa shape index (κ3) is 1.98.